The topological polar surface area (TPSA) is 33.0 Å². The van der Waals surface area contributed by atoms with Crippen molar-refractivity contribution in [1.82, 2.24) is 0 Å². The number of aryl methyl sites for hydroxylation is 2. The maximum Gasteiger partial charge on any atom is 0.125 e. The smallest absolute Gasteiger partial charge is 0.125 e. The standard InChI is InChI=1S/C17H15BrClNO/c1-11-5-14(8-18)6-12(2)17(11)21-10-15-4-3-13(9-20)7-16(15)19/h3-7H,8,10H2,1-2H3. The zero-order valence-corrected chi connectivity index (χ0v) is 14.3. The Morgan fingerprint density at radius 3 is 2.38 bits per heavy atom. The molecule has 4 heteroatoms. The molecular formula is C17H15BrClNO. The zero-order chi connectivity index (χ0) is 15.4. The fourth-order valence-corrected chi connectivity index (χ4v) is 2.79. The number of alkyl halides is 1. The first-order valence-electron chi connectivity index (χ1n) is 6.52. The lowest BCUT2D eigenvalue weighted by Crippen LogP contribution is -2.00. The van der Waals surface area contributed by atoms with E-state index in [-0.39, 0.29) is 0 Å². The summed E-state index contributed by atoms with van der Waals surface area (Å²) in [5, 5.41) is 10.2. The van der Waals surface area contributed by atoms with Gasteiger partial charge < -0.3 is 4.74 Å². The number of benzene rings is 2. The van der Waals surface area contributed by atoms with E-state index in [2.05, 4.69) is 34.1 Å². The van der Waals surface area contributed by atoms with Crippen LogP contribution < -0.4 is 4.74 Å². The average Bonchev–Trinajstić information content (AvgIpc) is 2.47. The molecule has 0 spiro atoms. The molecule has 108 valence electrons. The maximum atomic E-state index is 8.84. The summed E-state index contributed by atoms with van der Waals surface area (Å²) in [5.74, 6) is 0.889. The van der Waals surface area contributed by atoms with Crippen molar-refractivity contribution in [2.45, 2.75) is 25.8 Å². The van der Waals surface area contributed by atoms with Gasteiger partial charge in [0.15, 0.2) is 0 Å². The molecule has 21 heavy (non-hydrogen) atoms. The van der Waals surface area contributed by atoms with Gasteiger partial charge in [-0.25, -0.2) is 0 Å². The molecular weight excluding hydrogens is 350 g/mol. The van der Waals surface area contributed by atoms with E-state index < -0.39 is 0 Å². The summed E-state index contributed by atoms with van der Waals surface area (Å²) in [4.78, 5) is 0. The van der Waals surface area contributed by atoms with Crippen LogP contribution in [0.1, 0.15) is 27.8 Å². The van der Waals surface area contributed by atoms with E-state index in [1.165, 1.54) is 5.56 Å². The second-order valence-electron chi connectivity index (χ2n) is 4.90. The number of hydrogen-bond donors (Lipinski definition) is 0. The Morgan fingerprint density at radius 1 is 1.19 bits per heavy atom. The van der Waals surface area contributed by atoms with Crippen molar-refractivity contribution >= 4 is 27.5 Å². The van der Waals surface area contributed by atoms with Crippen molar-refractivity contribution in [2.24, 2.45) is 0 Å². The summed E-state index contributed by atoms with van der Waals surface area (Å²) < 4.78 is 5.92. The first-order chi connectivity index (χ1) is 10.0. The van der Waals surface area contributed by atoms with E-state index in [0.717, 1.165) is 27.8 Å². The highest BCUT2D eigenvalue weighted by Gasteiger charge is 2.08. The summed E-state index contributed by atoms with van der Waals surface area (Å²) in [5.41, 5.74) is 4.87. The molecule has 0 saturated heterocycles. The second-order valence-corrected chi connectivity index (χ2v) is 5.87. The predicted octanol–water partition coefficient (Wildman–Crippen LogP) is 5.30. The molecule has 0 unspecified atom stereocenters. The Bertz CT molecular complexity index is 683. The minimum atomic E-state index is 0.389. The number of rotatable bonds is 4. The highest BCUT2D eigenvalue weighted by atomic mass is 79.9. The van der Waals surface area contributed by atoms with Gasteiger partial charge >= 0.3 is 0 Å². The third-order valence-corrected chi connectivity index (χ3v) is 4.23. The molecule has 0 saturated carbocycles. The van der Waals surface area contributed by atoms with Crippen LogP contribution in [0.25, 0.3) is 0 Å². The number of ether oxygens (including phenoxy) is 1. The van der Waals surface area contributed by atoms with Gasteiger partial charge in [-0.3, -0.25) is 0 Å². The Morgan fingerprint density at radius 2 is 1.86 bits per heavy atom. The van der Waals surface area contributed by atoms with Crippen LogP contribution in [0.3, 0.4) is 0 Å². The minimum Gasteiger partial charge on any atom is -0.488 e. The second kappa shape index (κ2) is 6.98. The Balaban J connectivity index is 2.19. The lowest BCUT2D eigenvalue weighted by molar-refractivity contribution is 0.302. The maximum absolute atomic E-state index is 8.84. The van der Waals surface area contributed by atoms with E-state index in [9.17, 15) is 0 Å². The molecule has 0 bridgehead atoms. The van der Waals surface area contributed by atoms with E-state index in [1.807, 2.05) is 19.9 Å². The summed E-state index contributed by atoms with van der Waals surface area (Å²) >= 11 is 9.63. The normalized spacial score (nSPS) is 10.2. The monoisotopic (exact) mass is 363 g/mol. The summed E-state index contributed by atoms with van der Waals surface area (Å²) in [6.07, 6.45) is 0. The largest absolute Gasteiger partial charge is 0.488 e. The molecule has 2 rings (SSSR count). The van der Waals surface area contributed by atoms with Gasteiger partial charge in [-0.15, -0.1) is 0 Å². The van der Waals surface area contributed by atoms with Crippen molar-refractivity contribution in [2.75, 3.05) is 0 Å². The van der Waals surface area contributed by atoms with Gasteiger partial charge in [0.05, 0.1) is 11.6 Å². The lowest BCUT2D eigenvalue weighted by atomic mass is 10.1. The van der Waals surface area contributed by atoms with Crippen LogP contribution in [0.4, 0.5) is 0 Å². The number of hydrogen-bond acceptors (Lipinski definition) is 2. The van der Waals surface area contributed by atoms with E-state index in [0.29, 0.717) is 17.2 Å². The number of halogens is 2. The van der Waals surface area contributed by atoms with Gasteiger partial charge in [0.1, 0.15) is 12.4 Å². The van der Waals surface area contributed by atoms with Gasteiger partial charge in [-0.05, 0) is 42.7 Å². The van der Waals surface area contributed by atoms with Gasteiger partial charge in [-0.1, -0.05) is 45.7 Å². The minimum absolute atomic E-state index is 0.389. The van der Waals surface area contributed by atoms with Crippen LogP contribution >= 0.6 is 27.5 Å². The Kier molecular flexibility index (Phi) is 5.27. The highest BCUT2D eigenvalue weighted by Crippen LogP contribution is 2.28. The molecule has 2 nitrogen and oxygen atoms in total. The molecule has 0 heterocycles. The van der Waals surface area contributed by atoms with Gasteiger partial charge in [-0.2, -0.15) is 5.26 Å². The van der Waals surface area contributed by atoms with Crippen LogP contribution in [0.5, 0.6) is 5.75 Å². The zero-order valence-electron chi connectivity index (χ0n) is 11.9. The van der Waals surface area contributed by atoms with Crippen molar-refractivity contribution in [3.63, 3.8) is 0 Å². The SMILES string of the molecule is Cc1cc(CBr)cc(C)c1OCc1ccc(C#N)cc1Cl. The molecule has 0 atom stereocenters. The first-order valence-corrected chi connectivity index (χ1v) is 8.02. The number of nitriles is 1. The predicted molar refractivity (Wildman–Crippen MR) is 89.0 cm³/mol. The highest BCUT2D eigenvalue weighted by molar-refractivity contribution is 9.08. The third-order valence-electron chi connectivity index (χ3n) is 3.23. The molecule has 0 aromatic heterocycles. The molecule has 0 aliphatic carbocycles. The summed E-state index contributed by atoms with van der Waals surface area (Å²) in [7, 11) is 0. The number of nitrogens with zero attached hydrogens (tertiary/aromatic N) is 1. The molecule has 0 aliphatic rings. The van der Waals surface area contributed by atoms with Crippen molar-refractivity contribution < 1.29 is 4.74 Å². The van der Waals surface area contributed by atoms with Crippen LogP contribution in [0, 0.1) is 25.2 Å². The fraction of sp³-hybridized carbons (Fsp3) is 0.235. The fourth-order valence-electron chi connectivity index (χ4n) is 2.23. The van der Waals surface area contributed by atoms with Crippen molar-refractivity contribution in [3.8, 4) is 11.8 Å². The molecule has 0 amide bonds. The van der Waals surface area contributed by atoms with E-state index in [1.54, 1.807) is 12.1 Å². The summed E-state index contributed by atoms with van der Waals surface area (Å²) in [6.45, 7) is 4.46. The van der Waals surface area contributed by atoms with Crippen molar-refractivity contribution in [3.05, 3.63) is 63.2 Å². The van der Waals surface area contributed by atoms with Crippen LogP contribution in [0.15, 0.2) is 30.3 Å². The van der Waals surface area contributed by atoms with Gasteiger partial charge in [0, 0.05) is 15.9 Å². The van der Waals surface area contributed by atoms with Crippen LogP contribution in [0.2, 0.25) is 5.02 Å². The molecule has 0 radical (unpaired) electrons. The molecule has 2 aromatic rings. The van der Waals surface area contributed by atoms with Crippen LogP contribution in [-0.4, -0.2) is 0 Å². The quantitative estimate of drug-likeness (QED) is 0.689. The third kappa shape index (κ3) is 3.78. The first kappa shape index (κ1) is 15.9. The lowest BCUT2D eigenvalue weighted by Gasteiger charge is -2.14. The van der Waals surface area contributed by atoms with Crippen molar-refractivity contribution in [1.29, 1.82) is 5.26 Å². The van der Waals surface area contributed by atoms with Crippen LogP contribution in [-0.2, 0) is 11.9 Å². The molecule has 0 N–H and O–H groups in total. The molecule has 0 fully saturated rings. The van der Waals surface area contributed by atoms with E-state index in [4.69, 9.17) is 21.6 Å². The van der Waals surface area contributed by atoms with Gasteiger partial charge in [0.25, 0.3) is 0 Å². The Labute approximate surface area is 138 Å². The van der Waals surface area contributed by atoms with Gasteiger partial charge in [0.2, 0.25) is 0 Å². The molecule has 2 aromatic carbocycles. The van der Waals surface area contributed by atoms with E-state index >= 15 is 0 Å². The Hall–Kier alpha value is -1.50. The summed E-state index contributed by atoms with van der Waals surface area (Å²) in [6, 6.07) is 11.5. The average molecular weight is 365 g/mol. The molecule has 0 aliphatic heterocycles.